The SMILES string of the molecule is CC(C)(C)OC(=O)C(CCCCB1OC(C)(C)C(C)(C)O1)N=C(c1ccccc1)c1ccccc1. The lowest BCUT2D eigenvalue weighted by Crippen LogP contribution is -2.41. The van der Waals surface area contributed by atoms with Gasteiger partial charge in [0, 0.05) is 11.1 Å². The van der Waals surface area contributed by atoms with Gasteiger partial charge in [0.1, 0.15) is 11.6 Å². The summed E-state index contributed by atoms with van der Waals surface area (Å²) in [6, 6.07) is 19.4. The molecule has 0 amide bonds. The molecule has 1 aliphatic rings. The Morgan fingerprint density at radius 2 is 1.37 bits per heavy atom. The van der Waals surface area contributed by atoms with Gasteiger partial charge in [-0.25, -0.2) is 4.79 Å². The molecule has 0 spiro atoms. The molecule has 1 unspecified atom stereocenters. The minimum atomic E-state index is -0.595. The summed E-state index contributed by atoms with van der Waals surface area (Å²) >= 11 is 0. The lowest BCUT2D eigenvalue weighted by molar-refractivity contribution is -0.156. The Morgan fingerprint density at radius 3 is 1.83 bits per heavy atom. The number of rotatable bonds is 9. The second kappa shape index (κ2) is 11.1. The molecule has 1 heterocycles. The molecule has 0 aromatic heterocycles. The minimum absolute atomic E-state index is 0.229. The number of carbonyl (C=O) groups excluding carboxylic acids is 1. The number of benzene rings is 2. The van der Waals surface area contributed by atoms with E-state index in [9.17, 15) is 4.79 Å². The van der Waals surface area contributed by atoms with E-state index in [1.165, 1.54) is 0 Å². The zero-order valence-electron chi connectivity index (χ0n) is 22.3. The number of esters is 1. The van der Waals surface area contributed by atoms with Crippen molar-refractivity contribution in [3.05, 3.63) is 71.8 Å². The molecule has 0 bridgehead atoms. The fourth-order valence-electron chi connectivity index (χ4n) is 4.00. The van der Waals surface area contributed by atoms with Crippen molar-refractivity contribution in [1.82, 2.24) is 0 Å². The Hall–Kier alpha value is -2.44. The normalized spacial score (nSPS) is 17.6. The summed E-state index contributed by atoms with van der Waals surface area (Å²) < 4.78 is 18.0. The molecule has 2 aromatic carbocycles. The van der Waals surface area contributed by atoms with E-state index in [0.717, 1.165) is 36.0 Å². The maximum absolute atomic E-state index is 13.2. The molecule has 35 heavy (non-hydrogen) atoms. The molecule has 0 N–H and O–H groups in total. The number of unbranched alkanes of at least 4 members (excludes halogenated alkanes) is 1. The summed E-state index contributed by atoms with van der Waals surface area (Å²) in [5.41, 5.74) is 1.51. The van der Waals surface area contributed by atoms with Crippen LogP contribution in [0.3, 0.4) is 0 Å². The summed E-state index contributed by atoms with van der Waals surface area (Å²) in [5, 5.41) is 0. The Balaban J connectivity index is 1.77. The van der Waals surface area contributed by atoms with Crippen LogP contribution in [-0.4, -0.2) is 41.6 Å². The van der Waals surface area contributed by atoms with Gasteiger partial charge in [-0.15, -0.1) is 0 Å². The van der Waals surface area contributed by atoms with Gasteiger partial charge in [0.15, 0.2) is 0 Å². The van der Waals surface area contributed by atoms with Crippen molar-refractivity contribution in [2.24, 2.45) is 4.99 Å². The van der Waals surface area contributed by atoms with Crippen LogP contribution in [0.1, 0.15) is 78.9 Å². The highest BCUT2D eigenvalue weighted by Gasteiger charge is 2.50. The van der Waals surface area contributed by atoms with Crippen LogP contribution in [0.5, 0.6) is 0 Å². The Kier molecular flexibility index (Phi) is 8.61. The molecule has 1 aliphatic heterocycles. The van der Waals surface area contributed by atoms with Crippen LogP contribution in [0.25, 0.3) is 0 Å². The molecule has 0 aliphatic carbocycles. The van der Waals surface area contributed by atoms with Gasteiger partial charge < -0.3 is 14.0 Å². The van der Waals surface area contributed by atoms with E-state index in [1.807, 2.05) is 81.4 Å². The highest BCUT2D eigenvalue weighted by Crippen LogP contribution is 2.38. The molecule has 3 rings (SSSR count). The topological polar surface area (TPSA) is 57.1 Å². The second-order valence-electron chi connectivity index (χ2n) is 11.2. The average molecular weight is 477 g/mol. The third-order valence-corrected chi connectivity index (χ3v) is 6.53. The zero-order chi connectivity index (χ0) is 25.7. The van der Waals surface area contributed by atoms with E-state index in [1.54, 1.807) is 0 Å². The van der Waals surface area contributed by atoms with E-state index in [2.05, 4.69) is 27.7 Å². The number of carbonyl (C=O) groups is 1. The van der Waals surface area contributed by atoms with Crippen LogP contribution in [-0.2, 0) is 18.8 Å². The minimum Gasteiger partial charge on any atom is -0.458 e. The van der Waals surface area contributed by atoms with E-state index >= 15 is 0 Å². The zero-order valence-corrected chi connectivity index (χ0v) is 22.3. The summed E-state index contributed by atoms with van der Waals surface area (Å²) in [5.74, 6) is -0.294. The van der Waals surface area contributed by atoms with Gasteiger partial charge in [-0.1, -0.05) is 73.5 Å². The van der Waals surface area contributed by atoms with Crippen molar-refractivity contribution in [1.29, 1.82) is 0 Å². The van der Waals surface area contributed by atoms with Crippen molar-refractivity contribution in [3.63, 3.8) is 0 Å². The van der Waals surface area contributed by atoms with Crippen LogP contribution in [0.4, 0.5) is 0 Å². The highest BCUT2D eigenvalue weighted by atomic mass is 16.7. The van der Waals surface area contributed by atoms with E-state index in [-0.39, 0.29) is 24.3 Å². The van der Waals surface area contributed by atoms with Gasteiger partial charge in [-0.05, 0) is 61.2 Å². The van der Waals surface area contributed by atoms with Gasteiger partial charge in [0.05, 0.1) is 16.9 Å². The molecule has 0 saturated carbocycles. The molecule has 188 valence electrons. The molecular formula is C29H40BNO4. The monoisotopic (exact) mass is 477 g/mol. The standard InChI is InChI=1S/C29H40BNO4/c1-27(2,3)33-26(32)24(20-14-15-21-30-34-28(4,5)29(6,7)35-30)31-25(22-16-10-8-11-17-22)23-18-12-9-13-19-23/h8-13,16-19,24H,14-15,20-21H2,1-7H3. The molecule has 2 aromatic rings. The molecule has 1 atom stereocenters. The van der Waals surface area contributed by atoms with Gasteiger partial charge in [-0.2, -0.15) is 0 Å². The number of hydrogen-bond donors (Lipinski definition) is 0. The van der Waals surface area contributed by atoms with Crippen molar-refractivity contribution in [2.45, 2.75) is 96.9 Å². The van der Waals surface area contributed by atoms with E-state index in [0.29, 0.717) is 6.42 Å². The third kappa shape index (κ3) is 7.52. The number of aliphatic imine (C=N–C) groups is 1. The molecule has 1 fully saturated rings. The van der Waals surface area contributed by atoms with Gasteiger partial charge in [0.2, 0.25) is 0 Å². The summed E-state index contributed by atoms with van der Waals surface area (Å²) in [7, 11) is -0.229. The maximum Gasteiger partial charge on any atom is 0.457 e. The van der Waals surface area contributed by atoms with Gasteiger partial charge >= 0.3 is 13.1 Å². The molecule has 0 radical (unpaired) electrons. The first-order valence-electron chi connectivity index (χ1n) is 12.7. The summed E-state index contributed by atoms with van der Waals surface area (Å²) in [4.78, 5) is 18.2. The van der Waals surface area contributed by atoms with Crippen LogP contribution in [0.2, 0.25) is 6.32 Å². The van der Waals surface area contributed by atoms with Crippen LogP contribution >= 0.6 is 0 Å². The van der Waals surface area contributed by atoms with Crippen LogP contribution in [0, 0.1) is 0 Å². The summed E-state index contributed by atoms with van der Waals surface area (Å²) in [6.45, 7) is 13.9. The van der Waals surface area contributed by atoms with E-state index < -0.39 is 11.6 Å². The first kappa shape index (κ1) is 27.2. The first-order chi connectivity index (χ1) is 16.4. The smallest absolute Gasteiger partial charge is 0.457 e. The summed E-state index contributed by atoms with van der Waals surface area (Å²) in [6.07, 6.45) is 3.06. The Labute approximate surface area is 211 Å². The van der Waals surface area contributed by atoms with Crippen LogP contribution < -0.4 is 0 Å². The number of hydrogen-bond acceptors (Lipinski definition) is 5. The third-order valence-electron chi connectivity index (χ3n) is 6.53. The quantitative estimate of drug-likeness (QED) is 0.179. The fraction of sp³-hybridized carbons (Fsp3) is 0.517. The van der Waals surface area contributed by atoms with Crippen molar-refractivity contribution >= 4 is 18.8 Å². The lowest BCUT2D eigenvalue weighted by Gasteiger charge is -2.32. The largest absolute Gasteiger partial charge is 0.458 e. The van der Waals surface area contributed by atoms with Crippen molar-refractivity contribution < 1.29 is 18.8 Å². The number of ether oxygens (including phenoxy) is 1. The average Bonchev–Trinajstić information content (AvgIpc) is 2.99. The molecule has 6 heteroatoms. The predicted molar refractivity (Wildman–Crippen MR) is 143 cm³/mol. The van der Waals surface area contributed by atoms with Gasteiger partial charge in [0.25, 0.3) is 0 Å². The molecule has 1 saturated heterocycles. The Morgan fingerprint density at radius 1 is 0.886 bits per heavy atom. The van der Waals surface area contributed by atoms with Crippen molar-refractivity contribution in [2.75, 3.05) is 0 Å². The Bertz CT molecular complexity index is 939. The highest BCUT2D eigenvalue weighted by molar-refractivity contribution is 6.45. The van der Waals surface area contributed by atoms with E-state index in [4.69, 9.17) is 19.0 Å². The second-order valence-corrected chi connectivity index (χ2v) is 11.2. The van der Waals surface area contributed by atoms with Crippen molar-refractivity contribution in [3.8, 4) is 0 Å². The predicted octanol–water partition coefficient (Wildman–Crippen LogP) is 6.50. The van der Waals surface area contributed by atoms with Crippen LogP contribution in [0.15, 0.2) is 65.7 Å². The molecule has 5 nitrogen and oxygen atoms in total. The maximum atomic E-state index is 13.2. The first-order valence-corrected chi connectivity index (χ1v) is 12.7. The molecular weight excluding hydrogens is 437 g/mol. The number of nitrogens with zero attached hydrogens (tertiary/aromatic N) is 1. The fourth-order valence-corrected chi connectivity index (χ4v) is 4.00. The van der Waals surface area contributed by atoms with Gasteiger partial charge in [-0.3, -0.25) is 4.99 Å². The lowest BCUT2D eigenvalue weighted by atomic mass is 9.82.